The number of amides is 1. The lowest BCUT2D eigenvalue weighted by molar-refractivity contribution is -0.120. The van der Waals surface area contributed by atoms with E-state index in [4.69, 9.17) is 23.8 Å². The molecule has 0 aromatic heterocycles. The molecule has 11 nitrogen and oxygen atoms in total. The highest BCUT2D eigenvalue weighted by molar-refractivity contribution is 7.89. The lowest BCUT2D eigenvalue weighted by Crippen LogP contribution is -2.40. The van der Waals surface area contributed by atoms with Gasteiger partial charge in [0.1, 0.15) is 5.75 Å². The van der Waals surface area contributed by atoms with Crippen LogP contribution in [-0.4, -0.2) is 79.1 Å². The van der Waals surface area contributed by atoms with Gasteiger partial charge in [-0.3, -0.25) is 4.79 Å². The maximum absolute atomic E-state index is 12.9. The zero-order chi connectivity index (χ0) is 24.6. The minimum absolute atomic E-state index is 0.0397. The van der Waals surface area contributed by atoms with Crippen LogP contribution in [0.1, 0.15) is 5.56 Å². The van der Waals surface area contributed by atoms with Gasteiger partial charge in [0.15, 0.2) is 18.1 Å². The van der Waals surface area contributed by atoms with Crippen LogP contribution in [0.2, 0.25) is 0 Å². The highest BCUT2D eigenvalue weighted by atomic mass is 32.2. The van der Waals surface area contributed by atoms with Crippen molar-refractivity contribution in [3.05, 3.63) is 42.0 Å². The van der Waals surface area contributed by atoms with E-state index in [0.29, 0.717) is 36.0 Å². The van der Waals surface area contributed by atoms with Gasteiger partial charge in [-0.15, -0.1) is 0 Å². The Labute approximate surface area is 198 Å². The largest absolute Gasteiger partial charge is 0.495 e. The summed E-state index contributed by atoms with van der Waals surface area (Å²) in [5.41, 5.74) is 0.884. The number of nitrogens with one attached hydrogen (secondary N) is 1. The molecule has 1 fully saturated rings. The second-order valence-corrected chi connectivity index (χ2v) is 8.99. The van der Waals surface area contributed by atoms with Crippen LogP contribution in [0, 0.1) is 0 Å². The van der Waals surface area contributed by atoms with Crippen LogP contribution in [0.3, 0.4) is 0 Å². The van der Waals surface area contributed by atoms with Crippen molar-refractivity contribution in [1.82, 2.24) is 4.31 Å². The molecule has 12 heteroatoms. The molecule has 0 atom stereocenters. The predicted octanol–water partition coefficient (Wildman–Crippen LogP) is 1.72. The van der Waals surface area contributed by atoms with Crippen LogP contribution in [0.5, 0.6) is 17.2 Å². The second kappa shape index (κ2) is 11.7. The van der Waals surface area contributed by atoms with E-state index in [2.05, 4.69) is 10.5 Å². The summed E-state index contributed by atoms with van der Waals surface area (Å²) in [5.74, 6) is 0.877. The SMILES string of the molecule is COc1ccc(S(=O)(=O)N2CCOCC2)cc1NC(=O)CO/N=C/c1ccc(OC)c(OC)c1. The van der Waals surface area contributed by atoms with Crippen LogP contribution >= 0.6 is 0 Å². The van der Waals surface area contributed by atoms with E-state index >= 15 is 0 Å². The van der Waals surface area contributed by atoms with E-state index in [1.807, 2.05) is 0 Å². The summed E-state index contributed by atoms with van der Waals surface area (Å²) in [6.07, 6.45) is 1.42. The summed E-state index contributed by atoms with van der Waals surface area (Å²) in [6.45, 7) is 0.803. The maximum Gasteiger partial charge on any atom is 0.265 e. The van der Waals surface area contributed by atoms with Crippen LogP contribution in [-0.2, 0) is 24.4 Å². The number of nitrogens with zero attached hydrogens (tertiary/aromatic N) is 2. The molecule has 2 aromatic carbocycles. The number of benzene rings is 2. The van der Waals surface area contributed by atoms with Gasteiger partial charge >= 0.3 is 0 Å². The number of ether oxygens (including phenoxy) is 4. The number of sulfonamides is 1. The molecular formula is C22H27N3O8S. The molecule has 0 aliphatic carbocycles. The molecule has 1 aliphatic heterocycles. The van der Waals surface area contributed by atoms with Gasteiger partial charge in [-0.2, -0.15) is 4.31 Å². The Morgan fingerprint density at radius 2 is 1.71 bits per heavy atom. The van der Waals surface area contributed by atoms with E-state index in [1.165, 1.54) is 50.0 Å². The summed E-state index contributed by atoms with van der Waals surface area (Å²) in [4.78, 5) is 17.5. The Morgan fingerprint density at radius 3 is 2.38 bits per heavy atom. The van der Waals surface area contributed by atoms with Crippen molar-refractivity contribution in [2.24, 2.45) is 5.16 Å². The van der Waals surface area contributed by atoms with Gasteiger partial charge in [-0.25, -0.2) is 8.42 Å². The Hall–Kier alpha value is -3.35. The van der Waals surface area contributed by atoms with Crippen molar-refractivity contribution in [2.45, 2.75) is 4.90 Å². The summed E-state index contributed by atoms with van der Waals surface area (Å²) < 4.78 is 48.0. The average Bonchev–Trinajstić information content (AvgIpc) is 2.86. The third-order valence-electron chi connectivity index (χ3n) is 4.93. The molecule has 0 spiro atoms. The number of methoxy groups -OCH3 is 3. The quantitative estimate of drug-likeness (QED) is 0.392. The highest BCUT2D eigenvalue weighted by Gasteiger charge is 2.27. The van der Waals surface area contributed by atoms with E-state index < -0.39 is 22.5 Å². The van der Waals surface area contributed by atoms with Gasteiger partial charge in [0, 0.05) is 18.7 Å². The molecule has 1 N–H and O–H groups in total. The molecule has 0 radical (unpaired) electrons. The maximum atomic E-state index is 12.9. The van der Waals surface area contributed by atoms with Gasteiger partial charge < -0.3 is 29.1 Å². The third-order valence-corrected chi connectivity index (χ3v) is 6.83. The van der Waals surface area contributed by atoms with Crippen molar-refractivity contribution in [3.63, 3.8) is 0 Å². The average molecular weight is 494 g/mol. The summed E-state index contributed by atoms with van der Waals surface area (Å²) in [5, 5.41) is 6.39. The number of carbonyl (C=O) groups excluding carboxylic acids is 1. The van der Waals surface area contributed by atoms with Gasteiger partial charge in [0.25, 0.3) is 5.91 Å². The standard InChI is InChI=1S/C22H27N3O8S/c1-29-19-7-5-17(34(27,28)25-8-10-32-11-9-25)13-18(19)24-22(26)15-33-23-14-16-4-6-20(30-2)21(12-16)31-3/h4-7,12-14H,8-11,15H2,1-3H3,(H,24,26)/b23-14+. The molecule has 1 heterocycles. The first kappa shape index (κ1) is 25.3. The van der Waals surface area contributed by atoms with E-state index in [1.54, 1.807) is 18.2 Å². The van der Waals surface area contributed by atoms with Crippen LogP contribution in [0.15, 0.2) is 46.4 Å². The minimum atomic E-state index is -3.74. The lowest BCUT2D eigenvalue weighted by Gasteiger charge is -2.26. The fraction of sp³-hybridized carbons (Fsp3) is 0.364. The van der Waals surface area contributed by atoms with E-state index in [9.17, 15) is 13.2 Å². The second-order valence-electron chi connectivity index (χ2n) is 7.05. The number of carbonyl (C=O) groups is 1. The Kier molecular flexibility index (Phi) is 8.68. The molecule has 1 saturated heterocycles. The first-order chi connectivity index (χ1) is 16.4. The van der Waals surface area contributed by atoms with Crippen molar-refractivity contribution in [2.75, 3.05) is 59.6 Å². The Balaban J connectivity index is 1.64. The van der Waals surface area contributed by atoms with Crippen LogP contribution in [0.25, 0.3) is 0 Å². The molecule has 0 bridgehead atoms. The molecule has 2 aromatic rings. The molecule has 3 rings (SSSR count). The molecule has 0 saturated carbocycles. The smallest absolute Gasteiger partial charge is 0.265 e. The highest BCUT2D eigenvalue weighted by Crippen LogP contribution is 2.29. The van der Waals surface area contributed by atoms with E-state index in [-0.39, 0.29) is 23.7 Å². The number of morpholine rings is 1. The van der Waals surface area contributed by atoms with Gasteiger partial charge in [-0.1, -0.05) is 5.16 Å². The molecule has 1 amide bonds. The molecule has 34 heavy (non-hydrogen) atoms. The summed E-state index contributed by atoms with van der Waals surface area (Å²) in [6, 6.07) is 9.45. The van der Waals surface area contributed by atoms with Crippen molar-refractivity contribution in [1.29, 1.82) is 0 Å². The number of rotatable bonds is 10. The van der Waals surface area contributed by atoms with E-state index in [0.717, 1.165) is 0 Å². The fourth-order valence-electron chi connectivity index (χ4n) is 3.19. The number of anilines is 1. The fourth-order valence-corrected chi connectivity index (χ4v) is 4.63. The molecule has 184 valence electrons. The lowest BCUT2D eigenvalue weighted by atomic mass is 10.2. The van der Waals surface area contributed by atoms with Gasteiger partial charge in [0.2, 0.25) is 10.0 Å². The normalized spacial score (nSPS) is 14.6. The minimum Gasteiger partial charge on any atom is -0.495 e. The first-order valence-corrected chi connectivity index (χ1v) is 11.8. The predicted molar refractivity (Wildman–Crippen MR) is 124 cm³/mol. The summed E-state index contributed by atoms with van der Waals surface area (Å²) in [7, 11) is 0.747. The third kappa shape index (κ3) is 6.16. The van der Waals surface area contributed by atoms with Crippen LogP contribution in [0.4, 0.5) is 5.69 Å². The van der Waals surface area contributed by atoms with Crippen LogP contribution < -0.4 is 19.5 Å². The number of hydrogen-bond donors (Lipinski definition) is 1. The number of hydrogen-bond acceptors (Lipinski definition) is 9. The first-order valence-electron chi connectivity index (χ1n) is 10.3. The van der Waals surface area contributed by atoms with Crippen molar-refractivity contribution >= 4 is 27.8 Å². The molecular weight excluding hydrogens is 466 g/mol. The summed E-state index contributed by atoms with van der Waals surface area (Å²) >= 11 is 0. The number of oxime groups is 1. The molecule has 1 aliphatic rings. The van der Waals surface area contributed by atoms with Crippen molar-refractivity contribution in [3.8, 4) is 17.2 Å². The topological polar surface area (TPSA) is 125 Å². The molecule has 0 unspecified atom stereocenters. The van der Waals surface area contributed by atoms with Crippen molar-refractivity contribution < 1.29 is 37.0 Å². The van der Waals surface area contributed by atoms with Gasteiger partial charge in [0.05, 0.1) is 51.3 Å². The zero-order valence-electron chi connectivity index (χ0n) is 19.1. The van der Waals surface area contributed by atoms with Gasteiger partial charge in [-0.05, 0) is 36.4 Å². The Bertz CT molecular complexity index is 1130. The zero-order valence-corrected chi connectivity index (χ0v) is 20.0. The Morgan fingerprint density at radius 1 is 1.03 bits per heavy atom. The monoisotopic (exact) mass is 493 g/mol.